The molecule has 408 valence electrons. The molecule has 8 nitrogen and oxygen atoms in total. The van der Waals surface area contributed by atoms with Crippen LogP contribution >= 0.6 is 7.82 Å². The monoisotopic (exact) mass is 994 g/mol. The first-order valence-electron chi connectivity index (χ1n) is 29.9. The van der Waals surface area contributed by atoms with Crippen molar-refractivity contribution in [3.63, 3.8) is 0 Å². The summed E-state index contributed by atoms with van der Waals surface area (Å²) in [6.45, 7) is 4.83. The molecule has 0 aromatic carbocycles. The van der Waals surface area contributed by atoms with Crippen LogP contribution in [0.4, 0.5) is 0 Å². The second-order valence-electron chi connectivity index (χ2n) is 21.7. The zero-order valence-electron chi connectivity index (χ0n) is 46.6. The average Bonchev–Trinajstić information content (AvgIpc) is 3.31. The third-order valence-corrected chi connectivity index (χ3v) is 14.6. The highest BCUT2D eigenvalue weighted by Gasteiger charge is 2.27. The molecule has 0 spiro atoms. The van der Waals surface area contributed by atoms with Crippen molar-refractivity contribution < 1.29 is 32.9 Å². The summed E-state index contributed by atoms with van der Waals surface area (Å²) in [6, 6.07) is -0.864. The van der Waals surface area contributed by atoms with Gasteiger partial charge in [0.05, 0.1) is 39.9 Å². The van der Waals surface area contributed by atoms with Gasteiger partial charge in [-0.25, -0.2) is 4.57 Å². The molecule has 0 saturated carbocycles. The van der Waals surface area contributed by atoms with E-state index in [1.165, 1.54) is 231 Å². The molecule has 0 fully saturated rings. The van der Waals surface area contributed by atoms with Gasteiger partial charge in [0.1, 0.15) is 13.2 Å². The first-order valence-corrected chi connectivity index (χ1v) is 31.4. The summed E-state index contributed by atoms with van der Waals surface area (Å²) in [5.41, 5.74) is 0. The molecule has 3 atom stereocenters. The van der Waals surface area contributed by atoms with E-state index in [4.69, 9.17) is 9.05 Å². The van der Waals surface area contributed by atoms with E-state index < -0.39 is 20.0 Å². The molecular formula is C60H118N2O6P+. The molecule has 0 heterocycles. The highest BCUT2D eigenvalue weighted by atomic mass is 31.2. The van der Waals surface area contributed by atoms with Crippen molar-refractivity contribution in [3.05, 3.63) is 36.5 Å². The summed E-state index contributed by atoms with van der Waals surface area (Å²) >= 11 is 0. The Balaban J connectivity index is 4.22. The minimum atomic E-state index is -4.36. The van der Waals surface area contributed by atoms with Crippen molar-refractivity contribution in [2.75, 3.05) is 40.9 Å². The number of rotatable bonds is 55. The Bertz CT molecular complexity index is 1220. The number of likely N-dealkylation sites (N-methyl/N-ethyl adjacent to an activating group) is 1. The fraction of sp³-hybridized carbons (Fsp3) is 0.883. The van der Waals surface area contributed by atoms with Crippen LogP contribution in [0.5, 0.6) is 0 Å². The fourth-order valence-corrected chi connectivity index (χ4v) is 9.61. The van der Waals surface area contributed by atoms with Crippen molar-refractivity contribution in [1.29, 1.82) is 0 Å². The van der Waals surface area contributed by atoms with Gasteiger partial charge < -0.3 is 19.8 Å². The zero-order chi connectivity index (χ0) is 50.6. The molecule has 0 bridgehead atoms. The minimum Gasteiger partial charge on any atom is -0.387 e. The third kappa shape index (κ3) is 54.3. The van der Waals surface area contributed by atoms with E-state index in [0.29, 0.717) is 17.4 Å². The molecular weight excluding hydrogens is 876 g/mol. The number of phosphoric ester groups is 1. The SMILES string of the molecule is CCCCCCCCCCCCCC/C=C\CCCCCCCCCCCC(=O)NC(COP(=O)(O)OCC[N+](C)(C)C)C(O)/C=C/CC/C=C/CCCCCCCCCCCCCCCCCC. The van der Waals surface area contributed by atoms with Gasteiger partial charge in [0.15, 0.2) is 0 Å². The van der Waals surface area contributed by atoms with Gasteiger partial charge in [-0.1, -0.05) is 262 Å². The predicted octanol–water partition coefficient (Wildman–Crippen LogP) is 18.2. The van der Waals surface area contributed by atoms with E-state index in [0.717, 1.165) is 38.5 Å². The normalized spacial score (nSPS) is 14.1. The van der Waals surface area contributed by atoms with Crippen LogP contribution < -0.4 is 5.32 Å². The van der Waals surface area contributed by atoms with E-state index >= 15 is 0 Å². The van der Waals surface area contributed by atoms with Crippen molar-refractivity contribution >= 4 is 13.7 Å². The van der Waals surface area contributed by atoms with Crippen molar-refractivity contribution in [2.24, 2.45) is 0 Å². The van der Waals surface area contributed by atoms with Crippen LogP contribution in [0.25, 0.3) is 0 Å². The van der Waals surface area contributed by atoms with Gasteiger partial charge in [0.25, 0.3) is 0 Å². The number of nitrogens with one attached hydrogen (secondary N) is 1. The Kier molecular flexibility index (Phi) is 50.7. The van der Waals surface area contributed by atoms with Crippen LogP contribution in [0.15, 0.2) is 36.5 Å². The molecule has 0 aromatic rings. The molecule has 0 aliphatic heterocycles. The molecule has 9 heteroatoms. The van der Waals surface area contributed by atoms with Crippen molar-refractivity contribution in [1.82, 2.24) is 5.32 Å². The largest absolute Gasteiger partial charge is 0.472 e. The van der Waals surface area contributed by atoms with Gasteiger partial charge in [-0.2, -0.15) is 0 Å². The highest BCUT2D eigenvalue weighted by Crippen LogP contribution is 2.43. The molecule has 0 aliphatic rings. The standard InChI is InChI=1S/C60H117N2O6P/c1-6-8-10-12-14-16-18-20-22-24-26-28-30-31-32-34-36-38-40-42-44-46-48-50-52-54-60(64)61-58(57-68-69(65,66)67-56-55-62(3,4)5)59(63)53-51-49-47-45-43-41-39-37-35-33-29-27-25-23-21-19-17-15-13-11-9-7-2/h31-32,43,45,51,53,58-59,63H,6-30,33-42,44,46-50,52,54-57H2,1-5H3,(H-,61,64,65,66)/p+1/b32-31-,45-43+,53-51+. The minimum absolute atomic E-state index is 0.0565. The van der Waals surface area contributed by atoms with Crippen LogP contribution in [-0.4, -0.2) is 73.4 Å². The van der Waals surface area contributed by atoms with Gasteiger partial charge in [0.2, 0.25) is 5.91 Å². The van der Waals surface area contributed by atoms with Crippen molar-refractivity contribution in [3.8, 4) is 0 Å². The first-order chi connectivity index (χ1) is 33.5. The average molecular weight is 995 g/mol. The number of amides is 1. The third-order valence-electron chi connectivity index (χ3n) is 13.6. The summed E-state index contributed by atoms with van der Waals surface area (Å²) in [5, 5.41) is 13.9. The van der Waals surface area contributed by atoms with Gasteiger partial charge in [-0.15, -0.1) is 0 Å². The summed E-state index contributed by atoms with van der Waals surface area (Å²) in [7, 11) is 1.56. The Morgan fingerprint density at radius 1 is 0.478 bits per heavy atom. The maximum absolute atomic E-state index is 13.0. The van der Waals surface area contributed by atoms with Crippen molar-refractivity contribution in [2.45, 2.75) is 302 Å². The number of unbranched alkanes of at least 4 members (excludes halogenated alkanes) is 38. The number of quaternary nitrogens is 1. The molecule has 69 heavy (non-hydrogen) atoms. The molecule has 3 unspecified atom stereocenters. The van der Waals surface area contributed by atoms with Crippen LogP contribution in [-0.2, 0) is 18.4 Å². The lowest BCUT2D eigenvalue weighted by molar-refractivity contribution is -0.870. The van der Waals surface area contributed by atoms with E-state index in [1.807, 2.05) is 27.2 Å². The van der Waals surface area contributed by atoms with Crippen LogP contribution in [0.1, 0.15) is 290 Å². The number of aliphatic hydroxyl groups excluding tert-OH is 1. The number of carbonyl (C=O) groups is 1. The lowest BCUT2D eigenvalue weighted by atomic mass is 10.0. The number of phosphoric acid groups is 1. The molecule has 0 saturated heterocycles. The smallest absolute Gasteiger partial charge is 0.387 e. The zero-order valence-corrected chi connectivity index (χ0v) is 47.5. The molecule has 0 aromatic heterocycles. The first kappa shape index (κ1) is 67.7. The fourth-order valence-electron chi connectivity index (χ4n) is 8.88. The number of aliphatic hydroxyl groups is 1. The van der Waals surface area contributed by atoms with E-state index in [2.05, 4.69) is 43.5 Å². The summed E-state index contributed by atoms with van der Waals surface area (Å²) < 4.78 is 23.7. The summed E-state index contributed by atoms with van der Waals surface area (Å²) in [6.07, 6.45) is 66.8. The van der Waals surface area contributed by atoms with Gasteiger partial charge in [0, 0.05) is 6.42 Å². The molecule has 3 N–H and O–H groups in total. The number of carbonyl (C=O) groups excluding carboxylic acids is 1. The maximum atomic E-state index is 13.0. The van der Waals surface area contributed by atoms with Crippen LogP contribution in [0, 0.1) is 0 Å². The molecule has 0 rings (SSSR count). The highest BCUT2D eigenvalue weighted by molar-refractivity contribution is 7.47. The van der Waals surface area contributed by atoms with Crippen LogP contribution in [0.3, 0.4) is 0 Å². The van der Waals surface area contributed by atoms with E-state index in [9.17, 15) is 19.4 Å². The molecule has 0 radical (unpaired) electrons. The maximum Gasteiger partial charge on any atom is 0.472 e. The van der Waals surface area contributed by atoms with Gasteiger partial charge >= 0.3 is 7.82 Å². The quantitative estimate of drug-likeness (QED) is 0.0243. The lowest BCUT2D eigenvalue weighted by Crippen LogP contribution is -2.45. The Morgan fingerprint density at radius 2 is 0.797 bits per heavy atom. The van der Waals surface area contributed by atoms with E-state index in [1.54, 1.807) is 6.08 Å². The number of hydrogen-bond donors (Lipinski definition) is 3. The number of nitrogens with zero attached hydrogens (tertiary/aromatic N) is 1. The van der Waals surface area contributed by atoms with Crippen LogP contribution in [0.2, 0.25) is 0 Å². The van der Waals surface area contributed by atoms with E-state index in [-0.39, 0.29) is 19.1 Å². The Morgan fingerprint density at radius 3 is 1.16 bits per heavy atom. The summed E-state index contributed by atoms with van der Waals surface area (Å²) in [4.78, 5) is 23.3. The number of allylic oxidation sites excluding steroid dienone is 5. The Hall–Kier alpha value is -1.28. The lowest BCUT2D eigenvalue weighted by Gasteiger charge is -2.25. The summed E-state index contributed by atoms with van der Waals surface area (Å²) in [5.74, 6) is -0.185. The topological polar surface area (TPSA) is 105 Å². The molecule has 0 aliphatic carbocycles. The number of hydrogen-bond acceptors (Lipinski definition) is 5. The second kappa shape index (κ2) is 51.6. The van der Waals surface area contributed by atoms with Gasteiger partial charge in [-0.05, 0) is 57.8 Å². The Labute approximate surface area is 429 Å². The molecule has 1 amide bonds. The van der Waals surface area contributed by atoms with Gasteiger partial charge in [-0.3, -0.25) is 13.8 Å². The second-order valence-corrected chi connectivity index (χ2v) is 23.2. The predicted molar refractivity (Wildman–Crippen MR) is 300 cm³/mol.